The number of carbonyl (C=O) groups excluding carboxylic acids is 1. The van der Waals surface area contributed by atoms with Crippen LogP contribution in [0.15, 0.2) is 53.8 Å². The Kier molecular flexibility index (Phi) is 4.39. The van der Waals surface area contributed by atoms with Crippen LogP contribution in [-0.2, 0) is 14.3 Å². The molecule has 22 heavy (non-hydrogen) atoms. The minimum absolute atomic E-state index is 0.148. The summed E-state index contributed by atoms with van der Waals surface area (Å²) in [5.41, 5.74) is 0.800. The van der Waals surface area contributed by atoms with E-state index in [0.717, 1.165) is 10.4 Å². The Morgan fingerprint density at radius 2 is 2.05 bits per heavy atom. The molecule has 6 heteroatoms. The molecule has 1 aromatic heterocycles. The minimum atomic E-state index is -0.362. The van der Waals surface area contributed by atoms with Crippen LogP contribution in [0.3, 0.4) is 0 Å². The van der Waals surface area contributed by atoms with Gasteiger partial charge in [-0.25, -0.2) is 4.39 Å². The standard InChI is InChI=1S/C16H14FNO3S/c17-12-5-3-11(4-6-12)15(14-2-1-9-22-14)18-16(19)13-10-20-7-8-21-13/h1-6,9-10,15H,7-8H2,(H,18,19)/t15-/m1/s1. The first-order valence-electron chi connectivity index (χ1n) is 6.78. The summed E-state index contributed by atoms with van der Waals surface area (Å²) in [4.78, 5) is 13.2. The lowest BCUT2D eigenvalue weighted by molar-refractivity contribution is -0.122. The molecule has 0 saturated carbocycles. The predicted molar refractivity (Wildman–Crippen MR) is 80.7 cm³/mol. The summed E-state index contributed by atoms with van der Waals surface area (Å²) in [6, 6.07) is 9.54. The molecule has 0 spiro atoms. The van der Waals surface area contributed by atoms with E-state index in [1.807, 2.05) is 17.5 Å². The lowest BCUT2D eigenvalue weighted by atomic mass is 10.1. The second-order valence-electron chi connectivity index (χ2n) is 4.67. The third kappa shape index (κ3) is 3.28. The number of halogens is 1. The molecule has 0 saturated heterocycles. The lowest BCUT2D eigenvalue weighted by Gasteiger charge is -2.20. The van der Waals surface area contributed by atoms with Crippen LogP contribution in [-0.4, -0.2) is 19.1 Å². The molecule has 0 radical (unpaired) electrons. The fourth-order valence-electron chi connectivity index (χ4n) is 2.12. The highest BCUT2D eigenvalue weighted by Crippen LogP contribution is 2.26. The van der Waals surface area contributed by atoms with Gasteiger partial charge >= 0.3 is 0 Å². The third-order valence-electron chi connectivity index (χ3n) is 3.18. The summed E-state index contributed by atoms with van der Waals surface area (Å²) >= 11 is 1.52. The van der Waals surface area contributed by atoms with Crippen LogP contribution in [0.1, 0.15) is 16.5 Å². The van der Waals surface area contributed by atoms with Gasteiger partial charge in [-0.3, -0.25) is 4.79 Å². The van der Waals surface area contributed by atoms with Gasteiger partial charge in [0, 0.05) is 4.88 Å². The zero-order chi connectivity index (χ0) is 15.4. The Balaban J connectivity index is 1.84. The molecule has 1 amide bonds. The number of thiophene rings is 1. The molecule has 3 rings (SSSR count). The average Bonchev–Trinajstić information content (AvgIpc) is 3.08. The fourth-order valence-corrected chi connectivity index (χ4v) is 2.92. The van der Waals surface area contributed by atoms with Crippen LogP contribution in [0.5, 0.6) is 0 Å². The van der Waals surface area contributed by atoms with Gasteiger partial charge in [0.25, 0.3) is 5.91 Å². The molecular formula is C16H14FNO3S. The van der Waals surface area contributed by atoms with E-state index in [2.05, 4.69) is 5.32 Å². The van der Waals surface area contributed by atoms with E-state index in [1.165, 1.54) is 29.7 Å². The van der Waals surface area contributed by atoms with Crippen LogP contribution in [0, 0.1) is 5.82 Å². The zero-order valence-corrected chi connectivity index (χ0v) is 12.4. The molecule has 1 aromatic carbocycles. The highest BCUT2D eigenvalue weighted by molar-refractivity contribution is 7.10. The number of hydrogen-bond donors (Lipinski definition) is 1. The smallest absolute Gasteiger partial charge is 0.290 e. The molecule has 2 heterocycles. The summed E-state index contributed by atoms with van der Waals surface area (Å²) in [6.07, 6.45) is 1.31. The van der Waals surface area contributed by atoms with Crippen molar-refractivity contribution >= 4 is 17.2 Å². The molecule has 0 bridgehead atoms. The SMILES string of the molecule is O=C(N[C@H](c1ccc(F)cc1)c1cccs1)C1=COCCO1. The molecule has 1 N–H and O–H groups in total. The summed E-state index contributed by atoms with van der Waals surface area (Å²) in [5, 5.41) is 4.83. The average molecular weight is 319 g/mol. The summed E-state index contributed by atoms with van der Waals surface area (Å²) < 4.78 is 23.5. The Morgan fingerprint density at radius 1 is 1.23 bits per heavy atom. The van der Waals surface area contributed by atoms with Gasteiger partial charge in [-0.2, -0.15) is 0 Å². The zero-order valence-electron chi connectivity index (χ0n) is 11.6. The lowest BCUT2D eigenvalue weighted by Crippen LogP contribution is -2.32. The largest absolute Gasteiger partial charge is 0.494 e. The quantitative estimate of drug-likeness (QED) is 0.942. The van der Waals surface area contributed by atoms with Crippen molar-refractivity contribution in [3.05, 3.63) is 70.1 Å². The Labute approximate surface area is 131 Å². The van der Waals surface area contributed by atoms with Gasteiger partial charge in [-0.15, -0.1) is 11.3 Å². The van der Waals surface area contributed by atoms with Gasteiger partial charge < -0.3 is 14.8 Å². The molecule has 0 aliphatic carbocycles. The molecule has 1 atom stereocenters. The van der Waals surface area contributed by atoms with Gasteiger partial charge in [-0.1, -0.05) is 18.2 Å². The Morgan fingerprint density at radius 3 is 2.68 bits per heavy atom. The number of hydrogen-bond acceptors (Lipinski definition) is 4. The van der Waals surface area contributed by atoms with E-state index in [0.29, 0.717) is 13.2 Å². The molecule has 2 aromatic rings. The first kappa shape index (κ1) is 14.6. The molecule has 1 aliphatic rings. The highest BCUT2D eigenvalue weighted by Gasteiger charge is 2.22. The van der Waals surface area contributed by atoms with Gasteiger partial charge in [0.05, 0.1) is 6.04 Å². The molecule has 4 nitrogen and oxygen atoms in total. The first-order chi connectivity index (χ1) is 10.7. The molecule has 114 valence electrons. The molecular weight excluding hydrogens is 305 g/mol. The fraction of sp³-hybridized carbons (Fsp3) is 0.188. The van der Waals surface area contributed by atoms with Crippen LogP contribution < -0.4 is 5.32 Å². The van der Waals surface area contributed by atoms with E-state index >= 15 is 0 Å². The summed E-state index contributed by atoms with van der Waals surface area (Å²) in [7, 11) is 0. The van der Waals surface area contributed by atoms with E-state index in [9.17, 15) is 9.18 Å². The Hall–Kier alpha value is -2.34. The van der Waals surface area contributed by atoms with E-state index in [-0.39, 0.29) is 23.5 Å². The van der Waals surface area contributed by atoms with Crippen LogP contribution >= 0.6 is 11.3 Å². The van der Waals surface area contributed by atoms with Crippen molar-refractivity contribution in [2.24, 2.45) is 0 Å². The number of ether oxygens (including phenoxy) is 2. The second-order valence-corrected chi connectivity index (χ2v) is 5.65. The van der Waals surface area contributed by atoms with E-state index in [4.69, 9.17) is 9.47 Å². The molecule has 1 aliphatic heterocycles. The maximum Gasteiger partial charge on any atom is 0.290 e. The number of benzene rings is 1. The third-order valence-corrected chi connectivity index (χ3v) is 4.12. The van der Waals surface area contributed by atoms with Crippen molar-refractivity contribution in [1.82, 2.24) is 5.32 Å². The normalized spacial score (nSPS) is 15.2. The maximum absolute atomic E-state index is 13.1. The predicted octanol–water partition coefficient (Wildman–Crippen LogP) is 2.98. The number of carbonyl (C=O) groups is 1. The van der Waals surface area contributed by atoms with Crippen LogP contribution in [0.25, 0.3) is 0 Å². The first-order valence-corrected chi connectivity index (χ1v) is 7.66. The number of rotatable bonds is 4. The van der Waals surface area contributed by atoms with Gasteiger partial charge in [0.1, 0.15) is 25.3 Å². The summed E-state index contributed by atoms with van der Waals surface area (Å²) in [5.74, 6) is -0.524. The second kappa shape index (κ2) is 6.62. The minimum Gasteiger partial charge on any atom is -0.494 e. The van der Waals surface area contributed by atoms with E-state index in [1.54, 1.807) is 12.1 Å². The topological polar surface area (TPSA) is 47.6 Å². The summed E-state index contributed by atoms with van der Waals surface area (Å²) in [6.45, 7) is 0.780. The molecule has 0 fully saturated rings. The van der Waals surface area contributed by atoms with Crippen molar-refractivity contribution in [3.8, 4) is 0 Å². The number of amides is 1. The van der Waals surface area contributed by atoms with Gasteiger partial charge in [0.2, 0.25) is 5.76 Å². The van der Waals surface area contributed by atoms with Crippen molar-refractivity contribution in [1.29, 1.82) is 0 Å². The number of nitrogens with one attached hydrogen (secondary N) is 1. The maximum atomic E-state index is 13.1. The Bertz CT molecular complexity index is 667. The highest BCUT2D eigenvalue weighted by atomic mass is 32.1. The van der Waals surface area contributed by atoms with Crippen molar-refractivity contribution in [2.75, 3.05) is 13.2 Å². The van der Waals surface area contributed by atoms with Gasteiger partial charge in [0.15, 0.2) is 0 Å². The van der Waals surface area contributed by atoms with Crippen LogP contribution in [0.4, 0.5) is 4.39 Å². The van der Waals surface area contributed by atoms with Gasteiger partial charge in [-0.05, 0) is 29.1 Å². The monoisotopic (exact) mass is 319 g/mol. The molecule has 0 unspecified atom stereocenters. The van der Waals surface area contributed by atoms with E-state index < -0.39 is 0 Å². The van der Waals surface area contributed by atoms with Crippen LogP contribution in [0.2, 0.25) is 0 Å². The van der Waals surface area contributed by atoms with Crippen molar-refractivity contribution in [3.63, 3.8) is 0 Å². The van der Waals surface area contributed by atoms with Crippen molar-refractivity contribution < 1.29 is 18.7 Å². The van der Waals surface area contributed by atoms with Crippen molar-refractivity contribution in [2.45, 2.75) is 6.04 Å².